The Morgan fingerprint density at radius 1 is 1.00 bits per heavy atom. The summed E-state index contributed by atoms with van der Waals surface area (Å²) in [4.78, 5) is 40.8. The van der Waals surface area contributed by atoms with Crippen molar-refractivity contribution in [2.45, 2.75) is 0 Å². The predicted molar refractivity (Wildman–Crippen MR) is 111 cm³/mol. The molecule has 2 aromatic heterocycles. The number of aromatic nitrogens is 4. The van der Waals surface area contributed by atoms with Crippen molar-refractivity contribution in [3.8, 4) is 0 Å². The lowest BCUT2D eigenvalue weighted by molar-refractivity contribution is 0.0747. The van der Waals surface area contributed by atoms with Gasteiger partial charge in [-0.05, 0) is 36.4 Å². The molecule has 1 fully saturated rings. The maximum atomic E-state index is 12.9. The summed E-state index contributed by atoms with van der Waals surface area (Å²) in [6.45, 7) is 2.74. The fourth-order valence-corrected chi connectivity index (χ4v) is 3.81. The number of nitrogens with one attached hydrogen (secondary N) is 1. The van der Waals surface area contributed by atoms with Crippen LogP contribution in [0.1, 0.15) is 10.4 Å². The van der Waals surface area contributed by atoms with E-state index in [4.69, 9.17) is 0 Å². The van der Waals surface area contributed by atoms with Gasteiger partial charge in [0.1, 0.15) is 0 Å². The largest absolute Gasteiger partial charge is 0.368 e. The molecule has 0 unspecified atom stereocenters. The number of carbonyl (C=O) groups is 1. The second-order valence-electron chi connectivity index (χ2n) is 7.28. The van der Waals surface area contributed by atoms with E-state index in [1.54, 1.807) is 19.7 Å². The van der Waals surface area contributed by atoms with Gasteiger partial charge in [-0.15, -0.1) is 0 Å². The highest BCUT2D eigenvalue weighted by atomic mass is 16.2. The van der Waals surface area contributed by atoms with Crippen molar-refractivity contribution in [1.82, 2.24) is 24.4 Å². The zero-order valence-corrected chi connectivity index (χ0v) is 16.0. The highest BCUT2D eigenvalue weighted by Gasteiger charge is 2.23. The summed E-state index contributed by atoms with van der Waals surface area (Å²) in [7, 11) is 1.70. The number of piperazine rings is 1. The Kier molecular flexibility index (Phi) is 4.04. The minimum absolute atomic E-state index is 0.0322. The smallest absolute Gasteiger partial charge is 0.260 e. The highest BCUT2D eigenvalue weighted by molar-refractivity contribution is 5.97. The summed E-state index contributed by atoms with van der Waals surface area (Å²) in [6, 6.07) is 11.3. The SMILES string of the molecule is Cn1cnc2cc(N3CCN(C(=O)c4ccc5nc[nH]c5c4)CC3)ccc2c1=O. The van der Waals surface area contributed by atoms with Gasteiger partial charge in [-0.1, -0.05) is 0 Å². The van der Waals surface area contributed by atoms with Crippen LogP contribution in [0, 0.1) is 0 Å². The maximum Gasteiger partial charge on any atom is 0.260 e. The third-order valence-electron chi connectivity index (χ3n) is 5.50. The molecule has 1 saturated heterocycles. The number of carbonyl (C=O) groups excluding carboxylic acids is 1. The summed E-state index contributed by atoms with van der Waals surface area (Å²) < 4.78 is 1.48. The third-order valence-corrected chi connectivity index (χ3v) is 5.50. The van der Waals surface area contributed by atoms with Crippen molar-refractivity contribution in [2.24, 2.45) is 7.05 Å². The lowest BCUT2D eigenvalue weighted by Gasteiger charge is -2.36. The molecule has 3 heterocycles. The van der Waals surface area contributed by atoms with Crippen molar-refractivity contribution in [2.75, 3.05) is 31.1 Å². The number of nitrogens with zero attached hydrogens (tertiary/aromatic N) is 5. The predicted octanol–water partition coefficient (Wildman–Crippen LogP) is 1.77. The Hall–Kier alpha value is -3.68. The van der Waals surface area contributed by atoms with E-state index in [1.165, 1.54) is 4.57 Å². The first-order chi connectivity index (χ1) is 14.1. The number of anilines is 1. The molecular weight excluding hydrogens is 368 g/mol. The normalized spacial score (nSPS) is 14.7. The number of hydrogen-bond donors (Lipinski definition) is 1. The molecule has 4 aromatic rings. The molecule has 8 heteroatoms. The molecule has 146 valence electrons. The summed E-state index contributed by atoms with van der Waals surface area (Å²) >= 11 is 0. The molecular formula is C21H20N6O2. The van der Waals surface area contributed by atoms with Gasteiger partial charge in [0.2, 0.25) is 0 Å². The van der Waals surface area contributed by atoms with Crippen molar-refractivity contribution in [3.05, 3.63) is 65.0 Å². The van der Waals surface area contributed by atoms with E-state index in [9.17, 15) is 9.59 Å². The molecule has 1 aliphatic heterocycles. The minimum atomic E-state index is -0.0498. The van der Waals surface area contributed by atoms with Crippen molar-refractivity contribution in [1.29, 1.82) is 0 Å². The molecule has 0 saturated carbocycles. The van der Waals surface area contributed by atoms with Crippen molar-refractivity contribution in [3.63, 3.8) is 0 Å². The standard InChI is InChI=1S/C21H20N6O2/c1-25-13-24-18-11-15(3-4-16(18)21(25)29)26-6-8-27(9-7-26)20(28)14-2-5-17-19(10-14)23-12-22-17/h2-5,10-13H,6-9H2,1H3,(H,22,23). The molecule has 1 aliphatic rings. The van der Waals surface area contributed by atoms with E-state index < -0.39 is 0 Å². The first-order valence-electron chi connectivity index (χ1n) is 9.53. The Bertz CT molecular complexity index is 1280. The van der Waals surface area contributed by atoms with Crippen LogP contribution in [0.15, 0.2) is 53.8 Å². The lowest BCUT2D eigenvalue weighted by Crippen LogP contribution is -2.48. The van der Waals surface area contributed by atoms with Crippen molar-refractivity contribution >= 4 is 33.5 Å². The number of rotatable bonds is 2. The van der Waals surface area contributed by atoms with Crippen LogP contribution in [0.5, 0.6) is 0 Å². The van der Waals surface area contributed by atoms with E-state index in [0.29, 0.717) is 29.6 Å². The van der Waals surface area contributed by atoms with E-state index >= 15 is 0 Å². The zero-order valence-electron chi connectivity index (χ0n) is 16.0. The first kappa shape index (κ1) is 17.4. The van der Waals surface area contributed by atoms with Gasteiger partial charge in [0, 0.05) is 44.5 Å². The summed E-state index contributed by atoms with van der Waals surface area (Å²) in [5.41, 5.74) is 4.05. The number of benzene rings is 2. The molecule has 2 aromatic carbocycles. The van der Waals surface area contributed by atoms with Gasteiger partial charge < -0.3 is 19.4 Å². The highest BCUT2D eigenvalue weighted by Crippen LogP contribution is 2.21. The molecule has 0 radical (unpaired) electrons. The van der Waals surface area contributed by atoms with Gasteiger partial charge in [0.25, 0.3) is 11.5 Å². The van der Waals surface area contributed by atoms with Crippen LogP contribution >= 0.6 is 0 Å². The summed E-state index contributed by atoms with van der Waals surface area (Å²) in [5.74, 6) is 0.0322. The fourth-order valence-electron chi connectivity index (χ4n) is 3.81. The average Bonchev–Trinajstić information content (AvgIpc) is 3.24. The van der Waals surface area contributed by atoms with Gasteiger partial charge in [-0.3, -0.25) is 9.59 Å². The Labute approximate surface area is 166 Å². The Balaban J connectivity index is 1.32. The fraction of sp³-hybridized carbons (Fsp3) is 0.238. The van der Waals surface area contributed by atoms with Gasteiger partial charge in [-0.2, -0.15) is 0 Å². The van der Waals surface area contributed by atoms with E-state index in [1.807, 2.05) is 41.3 Å². The summed E-state index contributed by atoms with van der Waals surface area (Å²) in [6.07, 6.45) is 3.17. The second kappa shape index (κ2) is 6.73. The molecule has 8 nitrogen and oxygen atoms in total. The third kappa shape index (κ3) is 3.02. The molecule has 29 heavy (non-hydrogen) atoms. The van der Waals surface area contributed by atoms with Crippen LogP contribution in [0.25, 0.3) is 21.9 Å². The molecule has 1 amide bonds. The average molecular weight is 388 g/mol. The van der Waals surface area contributed by atoms with E-state index in [-0.39, 0.29) is 11.5 Å². The van der Waals surface area contributed by atoms with Crippen LogP contribution in [0.2, 0.25) is 0 Å². The van der Waals surface area contributed by atoms with Gasteiger partial charge >= 0.3 is 0 Å². The van der Waals surface area contributed by atoms with Gasteiger partial charge in [0.15, 0.2) is 0 Å². The van der Waals surface area contributed by atoms with Crippen LogP contribution in [0.4, 0.5) is 5.69 Å². The molecule has 1 N–H and O–H groups in total. The molecule has 0 atom stereocenters. The number of H-pyrrole nitrogens is 1. The van der Waals surface area contributed by atoms with Crippen LogP contribution in [-0.2, 0) is 7.05 Å². The van der Waals surface area contributed by atoms with Crippen LogP contribution < -0.4 is 10.5 Å². The minimum Gasteiger partial charge on any atom is -0.368 e. The second-order valence-corrected chi connectivity index (χ2v) is 7.28. The molecule has 5 rings (SSSR count). The van der Waals surface area contributed by atoms with Gasteiger partial charge in [0.05, 0.1) is 34.6 Å². The lowest BCUT2D eigenvalue weighted by atomic mass is 10.1. The monoisotopic (exact) mass is 388 g/mol. The van der Waals surface area contributed by atoms with E-state index in [0.717, 1.165) is 29.8 Å². The number of imidazole rings is 1. The first-order valence-corrected chi connectivity index (χ1v) is 9.53. The van der Waals surface area contributed by atoms with Crippen molar-refractivity contribution < 1.29 is 4.79 Å². The van der Waals surface area contributed by atoms with Crippen LogP contribution in [0.3, 0.4) is 0 Å². The van der Waals surface area contributed by atoms with Gasteiger partial charge in [-0.25, -0.2) is 9.97 Å². The summed E-state index contributed by atoms with van der Waals surface area (Å²) in [5, 5.41) is 0.613. The molecule has 0 bridgehead atoms. The number of amides is 1. The Morgan fingerprint density at radius 2 is 1.83 bits per heavy atom. The molecule has 0 aliphatic carbocycles. The number of hydrogen-bond acceptors (Lipinski definition) is 5. The van der Waals surface area contributed by atoms with E-state index in [2.05, 4.69) is 19.9 Å². The Morgan fingerprint density at radius 3 is 2.66 bits per heavy atom. The maximum absolute atomic E-state index is 12.9. The topological polar surface area (TPSA) is 87.1 Å². The number of fused-ring (bicyclic) bond motifs is 2. The molecule has 0 spiro atoms. The number of aryl methyl sites for hydroxylation is 1. The number of aromatic amines is 1. The zero-order chi connectivity index (χ0) is 20.0. The van der Waals surface area contributed by atoms with Crippen LogP contribution in [-0.4, -0.2) is 56.5 Å². The quantitative estimate of drug-likeness (QED) is 0.566.